The molecular weight excluding hydrogens is 523 g/mol. The van der Waals surface area contributed by atoms with Crippen LogP contribution in [0.2, 0.25) is 0 Å². The summed E-state index contributed by atoms with van der Waals surface area (Å²) >= 11 is 0. The Morgan fingerprint density at radius 2 is 1.73 bits per heavy atom. The fourth-order valence-electron chi connectivity index (χ4n) is 4.90. The molecule has 8 heteroatoms. The van der Waals surface area contributed by atoms with Gasteiger partial charge < -0.3 is 24.4 Å². The van der Waals surface area contributed by atoms with Gasteiger partial charge in [-0.3, -0.25) is 0 Å². The van der Waals surface area contributed by atoms with Gasteiger partial charge in [-0.1, -0.05) is 54.6 Å². The maximum atomic E-state index is 13.9. The minimum atomic E-state index is -0.641. The number of nitriles is 1. The van der Waals surface area contributed by atoms with Gasteiger partial charge >= 0.3 is 5.97 Å². The molecule has 0 spiro atoms. The number of hydrogen-bond donors (Lipinski definition) is 1. The predicted molar refractivity (Wildman–Crippen MR) is 149 cm³/mol. The zero-order chi connectivity index (χ0) is 28.5. The largest absolute Gasteiger partial charge is 0.489 e. The summed E-state index contributed by atoms with van der Waals surface area (Å²) in [5, 5.41) is 10.7. The maximum absolute atomic E-state index is 13.9. The molecule has 7 nitrogen and oxygen atoms in total. The molecule has 6 rings (SSSR count). The van der Waals surface area contributed by atoms with Crippen molar-refractivity contribution in [1.29, 1.82) is 5.26 Å². The molecule has 4 aromatic carbocycles. The number of rotatable bonds is 6. The van der Waals surface area contributed by atoms with E-state index in [4.69, 9.17) is 24.4 Å². The van der Waals surface area contributed by atoms with Crippen LogP contribution in [-0.4, -0.2) is 5.97 Å². The lowest BCUT2D eigenvalue weighted by molar-refractivity contribution is 0.0702. The molecule has 0 aliphatic carbocycles. The van der Waals surface area contributed by atoms with Gasteiger partial charge in [-0.2, -0.15) is 5.26 Å². The average molecular weight is 547 g/mol. The van der Waals surface area contributed by atoms with Gasteiger partial charge in [0.15, 0.2) is 0 Å². The number of halogens is 1. The van der Waals surface area contributed by atoms with E-state index in [1.54, 1.807) is 61.5 Å². The minimum Gasteiger partial charge on any atom is -0.489 e. The fraction of sp³-hybridized carbons (Fsp3) is 0.0909. The lowest BCUT2D eigenvalue weighted by Gasteiger charge is -2.26. The van der Waals surface area contributed by atoms with E-state index in [-0.39, 0.29) is 35.4 Å². The Kier molecular flexibility index (Phi) is 6.62. The van der Waals surface area contributed by atoms with Crippen molar-refractivity contribution in [2.24, 2.45) is 5.73 Å². The van der Waals surface area contributed by atoms with Crippen LogP contribution in [-0.2, 0) is 6.61 Å². The summed E-state index contributed by atoms with van der Waals surface area (Å²) in [5.74, 6) is -0.282. The van der Waals surface area contributed by atoms with E-state index in [9.17, 15) is 14.4 Å². The number of allylic oxidation sites excluding steroid dienone is 1. The number of ether oxygens (including phenoxy) is 3. The van der Waals surface area contributed by atoms with Crippen LogP contribution in [0.15, 0.2) is 107 Å². The zero-order valence-electron chi connectivity index (χ0n) is 21.9. The Balaban J connectivity index is 1.25. The molecule has 0 radical (unpaired) electrons. The molecule has 41 heavy (non-hydrogen) atoms. The highest BCUT2D eigenvalue weighted by molar-refractivity contribution is 5.96. The molecule has 0 fully saturated rings. The number of fused-ring (bicyclic) bond motifs is 2. The van der Waals surface area contributed by atoms with Gasteiger partial charge in [-0.05, 0) is 42.8 Å². The Hall–Kier alpha value is -5.55. The van der Waals surface area contributed by atoms with Gasteiger partial charge in [0.2, 0.25) is 11.6 Å². The first-order valence-corrected chi connectivity index (χ1v) is 12.8. The molecule has 202 valence electrons. The number of hydrogen-bond acceptors (Lipinski definition) is 7. The molecule has 0 amide bonds. The summed E-state index contributed by atoms with van der Waals surface area (Å²) in [6.07, 6.45) is 0. The molecule has 2 N–H and O–H groups in total. The first-order chi connectivity index (χ1) is 19.9. The van der Waals surface area contributed by atoms with Gasteiger partial charge in [-0.25, -0.2) is 9.18 Å². The highest BCUT2D eigenvalue weighted by Crippen LogP contribution is 2.44. The van der Waals surface area contributed by atoms with Crippen molar-refractivity contribution in [3.63, 3.8) is 0 Å². The third kappa shape index (κ3) is 4.85. The number of carbonyl (C=O) groups is 1. The summed E-state index contributed by atoms with van der Waals surface area (Å²) in [4.78, 5) is 12.9. The Bertz CT molecular complexity index is 1870. The van der Waals surface area contributed by atoms with Crippen molar-refractivity contribution in [2.75, 3.05) is 0 Å². The normalized spacial score (nSPS) is 14.2. The van der Waals surface area contributed by atoms with E-state index in [2.05, 4.69) is 6.07 Å². The minimum absolute atomic E-state index is 0.0403. The van der Waals surface area contributed by atoms with Crippen molar-refractivity contribution >= 4 is 16.9 Å². The van der Waals surface area contributed by atoms with Gasteiger partial charge in [0.25, 0.3) is 0 Å². The van der Waals surface area contributed by atoms with Crippen molar-refractivity contribution < 1.29 is 27.8 Å². The molecule has 1 atom stereocenters. The number of carbonyl (C=O) groups excluding carboxylic acids is 1. The summed E-state index contributed by atoms with van der Waals surface area (Å²) in [6, 6.07) is 28.0. The van der Waals surface area contributed by atoms with Crippen molar-refractivity contribution in [3.05, 3.63) is 136 Å². The Morgan fingerprint density at radius 1 is 1.00 bits per heavy atom. The quantitative estimate of drug-likeness (QED) is 0.182. The van der Waals surface area contributed by atoms with Crippen LogP contribution in [0.4, 0.5) is 4.39 Å². The number of nitrogens with zero attached hydrogens (tertiary/aromatic N) is 1. The van der Waals surface area contributed by atoms with Crippen LogP contribution in [0, 0.1) is 24.1 Å². The third-order valence-electron chi connectivity index (χ3n) is 7.00. The fourth-order valence-corrected chi connectivity index (χ4v) is 4.90. The predicted octanol–water partition coefficient (Wildman–Crippen LogP) is 6.90. The highest BCUT2D eigenvalue weighted by Gasteiger charge is 2.31. The summed E-state index contributed by atoms with van der Waals surface area (Å²) in [6.45, 7) is 1.88. The SMILES string of the molecule is Cc1c(C(=O)Oc2ccc3c(c2)OC(N)=C(C#N)C3c2ccc(OCc3ccccc3F)cc2)oc2ccccc12. The summed E-state index contributed by atoms with van der Waals surface area (Å²) in [5.41, 5.74) is 9.58. The second-order valence-electron chi connectivity index (χ2n) is 9.52. The lowest BCUT2D eigenvalue weighted by atomic mass is 9.83. The maximum Gasteiger partial charge on any atom is 0.379 e. The topological polar surface area (TPSA) is 108 Å². The second-order valence-corrected chi connectivity index (χ2v) is 9.52. The monoisotopic (exact) mass is 546 g/mol. The number of benzene rings is 4. The average Bonchev–Trinajstić information content (AvgIpc) is 3.33. The first-order valence-electron chi connectivity index (χ1n) is 12.8. The summed E-state index contributed by atoms with van der Waals surface area (Å²) in [7, 11) is 0. The van der Waals surface area contributed by atoms with E-state index < -0.39 is 11.9 Å². The lowest BCUT2D eigenvalue weighted by Crippen LogP contribution is -2.21. The van der Waals surface area contributed by atoms with Crippen LogP contribution in [0.1, 0.15) is 38.7 Å². The first kappa shape index (κ1) is 25.7. The molecule has 5 aromatic rings. The van der Waals surface area contributed by atoms with E-state index in [0.29, 0.717) is 33.8 Å². The van der Waals surface area contributed by atoms with Crippen molar-refractivity contribution in [3.8, 4) is 23.3 Å². The molecule has 1 aliphatic heterocycles. The van der Waals surface area contributed by atoms with E-state index in [0.717, 1.165) is 10.9 Å². The molecule has 1 aliphatic rings. The Morgan fingerprint density at radius 3 is 2.49 bits per heavy atom. The van der Waals surface area contributed by atoms with Gasteiger partial charge in [0, 0.05) is 28.1 Å². The molecule has 1 unspecified atom stereocenters. The van der Waals surface area contributed by atoms with Crippen LogP contribution in [0.5, 0.6) is 17.2 Å². The molecule has 0 saturated carbocycles. The second kappa shape index (κ2) is 10.5. The van der Waals surface area contributed by atoms with E-state index in [1.165, 1.54) is 6.07 Å². The summed E-state index contributed by atoms with van der Waals surface area (Å²) < 4.78 is 36.8. The number of nitrogens with two attached hydrogens (primary N) is 1. The number of aryl methyl sites for hydroxylation is 1. The van der Waals surface area contributed by atoms with E-state index >= 15 is 0 Å². The number of para-hydroxylation sites is 1. The van der Waals surface area contributed by atoms with Gasteiger partial charge in [0.1, 0.15) is 46.9 Å². The van der Waals surface area contributed by atoms with Gasteiger partial charge in [-0.15, -0.1) is 0 Å². The number of furan rings is 1. The smallest absolute Gasteiger partial charge is 0.379 e. The zero-order valence-corrected chi connectivity index (χ0v) is 21.9. The van der Waals surface area contributed by atoms with Crippen molar-refractivity contribution in [1.82, 2.24) is 0 Å². The highest BCUT2D eigenvalue weighted by atomic mass is 19.1. The third-order valence-corrected chi connectivity index (χ3v) is 7.00. The Labute approximate surface area is 234 Å². The molecule has 2 heterocycles. The number of esters is 1. The molecule has 0 saturated heterocycles. The van der Waals surface area contributed by atoms with Crippen molar-refractivity contribution in [2.45, 2.75) is 19.4 Å². The standard InChI is InChI=1S/C33H23FN2O5/c1-19-24-7-3-5-9-28(24)40-31(19)33(37)39-23-14-15-25-29(16-23)41-32(36)26(17-35)30(25)20-10-12-22(13-11-20)38-18-21-6-2-4-8-27(21)34/h2-16,30H,18,36H2,1H3. The van der Waals surface area contributed by atoms with Gasteiger partial charge in [0.05, 0.1) is 5.92 Å². The molecule has 1 aromatic heterocycles. The molecular formula is C33H23FN2O5. The van der Waals surface area contributed by atoms with Crippen LogP contribution < -0.4 is 19.9 Å². The van der Waals surface area contributed by atoms with E-state index in [1.807, 2.05) is 30.3 Å². The van der Waals surface area contributed by atoms with Crippen LogP contribution in [0.25, 0.3) is 11.0 Å². The van der Waals surface area contributed by atoms with Crippen LogP contribution in [0.3, 0.4) is 0 Å². The molecule has 0 bridgehead atoms. The van der Waals surface area contributed by atoms with Crippen LogP contribution >= 0.6 is 0 Å².